The Labute approximate surface area is 111 Å². The summed E-state index contributed by atoms with van der Waals surface area (Å²) < 4.78 is 0. The molecule has 0 aromatic heterocycles. The molecule has 0 saturated heterocycles. The normalized spacial score (nSPS) is 13.4. The van der Waals surface area contributed by atoms with Crippen molar-refractivity contribution in [3.8, 4) is 0 Å². The van der Waals surface area contributed by atoms with E-state index in [2.05, 4.69) is 26.1 Å². The summed E-state index contributed by atoms with van der Waals surface area (Å²) in [5, 5.41) is 11.5. The maximum absolute atomic E-state index is 11.6. The zero-order valence-electron chi connectivity index (χ0n) is 12.2. The molecule has 0 heterocycles. The average molecular weight is 258 g/mol. The second kappa shape index (κ2) is 9.34. The predicted octanol–water partition coefficient (Wildman–Crippen LogP) is 1.67. The highest BCUT2D eigenvalue weighted by atomic mass is 16.2. The van der Waals surface area contributed by atoms with Crippen LogP contribution in [-0.2, 0) is 4.79 Å². The van der Waals surface area contributed by atoms with Gasteiger partial charge in [0.25, 0.3) is 0 Å². The van der Waals surface area contributed by atoms with Crippen LogP contribution in [0.5, 0.6) is 0 Å². The molecule has 0 aliphatic carbocycles. The minimum absolute atomic E-state index is 0.110. The summed E-state index contributed by atoms with van der Waals surface area (Å²) in [6.45, 7) is 8.14. The van der Waals surface area contributed by atoms with E-state index >= 15 is 0 Å². The molecule has 4 heteroatoms. The van der Waals surface area contributed by atoms with Crippen molar-refractivity contribution >= 4 is 5.91 Å². The monoisotopic (exact) mass is 258 g/mol. The lowest BCUT2D eigenvalue weighted by atomic mass is 9.76. The molecule has 4 N–H and O–H groups in total. The lowest BCUT2D eigenvalue weighted by Crippen LogP contribution is -2.28. The van der Waals surface area contributed by atoms with E-state index in [1.807, 2.05) is 0 Å². The fraction of sp³-hybridized carbons (Fsp3) is 0.929. The number of aliphatic hydroxyl groups is 1. The highest BCUT2D eigenvalue weighted by Gasteiger charge is 2.24. The molecular formula is C14H30N2O2. The number of hydrogen-bond donors (Lipinski definition) is 3. The van der Waals surface area contributed by atoms with Gasteiger partial charge in [0.05, 0.1) is 0 Å². The van der Waals surface area contributed by atoms with Crippen LogP contribution in [0.2, 0.25) is 0 Å². The number of rotatable bonds is 9. The van der Waals surface area contributed by atoms with E-state index in [9.17, 15) is 4.79 Å². The van der Waals surface area contributed by atoms with E-state index in [1.54, 1.807) is 0 Å². The van der Waals surface area contributed by atoms with Crippen molar-refractivity contribution in [3.63, 3.8) is 0 Å². The van der Waals surface area contributed by atoms with Crippen LogP contribution in [0.15, 0.2) is 0 Å². The molecule has 0 aromatic rings. The Morgan fingerprint density at radius 3 is 2.44 bits per heavy atom. The molecule has 0 aliphatic heterocycles. The molecule has 0 fully saturated rings. The maximum atomic E-state index is 11.6. The van der Waals surface area contributed by atoms with Crippen LogP contribution in [0, 0.1) is 11.3 Å². The first kappa shape index (κ1) is 17.4. The summed E-state index contributed by atoms with van der Waals surface area (Å²) in [6.07, 6.45) is 4.03. The van der Waals surface area contributed by atoms with Crippen molar-refractivity contribution in [2.45, 2.75) is 52.9 Å². The molecule has 1 unspecified atom stereocenters. The maximum Gasteiger partial charge on any atom is 0.220 e. The molecule has 0 spiro atoms. The first-order valence-corrected chi connectivity index (χ1v) is 6.99. The van der Waals surface area contributed by atoms with Gasteiger partial charge in [-0.25, -0.2) is 0 Å². The standard InChI is InChI=1S/C14H30N2O2/c1-14(2,3)12(8-9-15)6-7-13(18)16-10-4-5-11-17/h12,17H,4-11,15H2,1-3H3,(H,16,18). The third-order valence-electron chi connectivity index (χ3n) is 3.37. The van der Waals surface area contributed by atoms with E-state index in [0.717, 1.165) is 25.7 Å². The number of hydrogen-bond acceptors (Lipinski definition) is 3. The zero-order chi connectivity index (χ0) is 14.0. The molecule has 0 saturated carbocycles. The molecule has 1 atom stereocenters. The number of aliphatic hydroxyl groups excluding tert-OH is 1. The van der Waals surface area contributed by atoms with Crippen molar-refractivity contribution < 1.29 is 9.90 Å². The van der Waals surface area contributed by atoms with Gasteiger partial charge in [-0.3, -0.25) is 4.79 Å². The second-order valence-electron chi connectivity index (χ2n) is 5.96. The van der Waals surface area contributed by atoms with Gasteiger partial charge in [-0.1, -0.05) is 20.8 Å². The zero-order valence-corrected chi connectivity index (χ0v) is 12.2. The Balaban J connectivity index is 3.86. The van der Waals surface area contributed by atoms with Crippen molar-refractivity contribution in [1.82, 2.24) is 5.32 Å². The lowest BCUT2D eigenvalue weighted by Gasteiger charge is -2.30. The van der Waals surface area contributed by atoms with Gasteiger partial charge in [-0.15, -0.1) is 0 Å². The van der Waals surface area contributed by atoms with Gasteiger partial charge in [0, 0.05) is 19.6 Å². The van der Waals surface area contributed by atoms with Crippen LogP contribution in [-0.4, -0.2) is 30.7 Å². The first-order valence-electron chi connectivity index (χ1n) is 6.99. The minimum Gasteiger partial charge on any atom is -0.396 e. The molecule has 1 amide bonds. The van der Waals surface area contributed by atoms with Crippen LogP contribution in [0.1, 0.15) is 52.9 Å². The first-order chi connectivity index (χ1) is 8.41. The molecule has 18 heavy (non-hydrogen) atoms. The Bertz CT molecular complexity index is 224. The highest BCUT2D eigenvalue weighted by Crippen LogP contribution is 2.31. The Kier molecular flexibility index (Phi) is 9.02. The molecule has 4 nitrogen and oxygen atoms in total. The second-order valence-corrected chi connectivity index (χ2v) is 5.96. The SMILES string of the molecule is CC(C)(C)C(CCN)CCC(=O)NCCCCO. The van der Waals surface area contributed by atoms with Gasteiger partial charge in [0.15, 0.2) is 0 Å². The molecular weight excluding hydrogens is 228 g/mol. The number of nitrogens with one attached hydrogen (secondary N) is 1. The largest absolute Gasteiger partial charge is 0.396 e. The highest BCUT2D eigenvalue weighted by molar-refractivity contribution is 5.75. The Hall–Kier alpha value is -0.610. The fourth-order valence-corrected chi connectivity index (χ4v) is 2.07. The number of nitrogens with two attached hydrogens (primary N) is 1. The fourth-order valence-electron chi connectivity index (χ4n) is 2.07. The third kappa shape index (κ3) is 8.48. The van der Waals surface area contributed by atoms with Crippen molar-refractivity contribution in [2.24, 2.45) is 17.1 Å². The topological polar surface area (TPSA) is 75.4 Å². The smallest absolute Gasteiger partial charge is 0.220 e. The predicted molar refractivity (Wildman–Crippen MR) is 75.2 cm³/mol. The molecule has 0 aliphatic rings. The van der Waals surface area contributed by atoms with Crippen LogP contribution in [0.3, 0.4) is 0 Å². The van der Waals surface area contributed by atoms with Crippen LogP contribution >= 0.6 is 0 Å². The van der Waals surface area contributed by atoms with Crippen molar-refractivity contribution in [3.05, 3.63) is 0 Å². The number of carbonyl (C=O) groups excluding carboxylic acids is 1. The summed E-state index contributed by atoms with van der Waals surface area (Å²) in [5.41, 5.74) is 5.83. The van der Waals surface area contributed by atoms with Crippen molar-refractivity contribution in [1.29, 1.82) is 0 Å². The number of carbonyl (C=O) groups is 1. The van der Waals surface area contributed by atoms with Gasteiger partial charge in [0.2, 0.25) is 5.91 Å². The molecule has 0 aromatic carbocycles. The van der Waals surface area contributed by atoms with Gasteiger partial charge < -0.3 is 16.2 Å². The molecule has 0 rings (SSSR count). The van der Waals surface area contributed by atoms with Crippen LogP contribution < -0.4 is 11.1 Å². The van der Waals surface area contributed by atoms with E-state index in [0.29, 0.717) is 25.4 Å². The van der Waals surface area contributed by atoms with E-state index in [4.69, 9.17) is 10.8 Å². The van der Waals surface area contributed by atoms with Crippen molar-refractivity contribution in [2.75, 3.05) is 19.7 Å². The lowest BCUT2D eigenvalue weighted by molar-refractivity contribution is -0.121. The average Bonchev–Trinajstić information content (AvgIpc) is 2.28. The van der Waals surface area contributed by atoms with E-state index in [1.165, 1.54) is 0 Å². The summed E-state index contributed by atoms with van der Waals surface area (Å²) in [6, 6.07) is 0. The molecule has 108 valence electrons. The summed E-state index contributed by atoms with van der Waals surface area (Å²) in [5.74, 6) is 0.602. The van der Waals surface area contributed by atoms with Gasteiger partial charge in [-0.05, 0) is 43.6 Å². The molecule has 0 radical (unpaired) electrons. The van der Waals surface area contributed by atoms with Gasteiger partial charge in [0.1, 0.15) is 0 Å². The van der Waals surface area contributed by atoms with Gasteiger partial charge >= 0.3 is 0 Å². The quantitative estimate of drug-likeness (QED) is 0.551. The number of unbranched alkanes of at least 4 members (excludes halogenated alkanes) is 1. The van der Waals surface area contributed by atoms with E-state index < -0.39 is 0 Å². The third-order valence-corrected chi connectivity index (χ3v) is 3.37. The van der Waals surface area contributed by atoms with Crippen LogP contribution in [0.4, 0.5) is 0 Å². The van der Waals surface area contributed by atoms with E-state index in [-0.39, 0.29) is 17.9 Å². The summed E-state index contributed by atoms with van der Waals surface area (Å²) in [7, 11) is 0. The Morgan fingerprint density at radius 2 is 1.94 bits per heavy atom. The Morgan fingerprint density at radius 1 is 1.28 bits per heavy atom. The molecule has 0 bridgehead atoms. The summed E-state index contributed by atoms with van der Waals surface area (Å²) in [4.78, 5) is 11.6. The number of amides is 1. The summed E-state index contributed by atoms with van der Waals surface area (Å²) >= 11 is 0. The minimum atomic E-state index is 0.110. The van der Waals surface area contributed by atoms with Gasteiger partial charge in [-0.2, -0.15) is 0 Å². The van der Waals surface area contributed by atoms with Crippen LogP contribution in [0.25, 0.3) is 0 Å².